The smallest absolute Gasteiger partial charge is 0.127 e. The highest BCUT2D eigenvalue weighted by molar-refractivity contribution is 7.11. The summed E-state index contributed by atoms with van der Waals surface area (Å²) in [6.45, 7) is 6.15. The Hall–Kier alpha value is -1.86. The lowest BCUT2D eigenvalue weighted by atomic mass is 10.2. The Kier molecular flexibility index (Phi) is 4.18. The van der Waals surface area contributed by atoms with Crippen LogP contribution < -0.4 is 5.32 Å². The summed E-state index contributed by atoms with van der Waals surface area (Å²) in [6.07, 6.45) is 0.968. The number of aromatic nitrogens is 1. The highest BCUT2D eigenvalue weighted by atomic mass is 32.1. The Morgan fingerprint density at radius 2 is 2.16 bits per heavy atom. The van der Waals surface area contributed by atoms with E-state index in [1.807, 2.05) is 18.3 Å². The lowest BCUT2D eigenvalue weighted by Gasteiger charge is -2.14. The Labute approximate surface area is 117 Å². The Morgan fingerprint density at radius 1 is 1.37 bits per heavy atom. The van der Waals surface area contributed by atoms with Gasteiger partial charge in [0.1, 0.15) is 5.82 Å². The molecule has 0 saturated heterocycles. The number of thiophene rings is 1. The molecule has 0 aliphatic rings. The molecule has 4 heteroatoms. The summed E-state index contributed by atoms with van der Waals surface area (Å²) in [5.74, 6) is 0.775. The van der Waals surface area contributed by atoms with E-state index >= 15 is 0 Å². The number of rotatable bonds is 4. The molecule has 1 unspecified atom stereocenters. The van der Waals surface area contributed by atoms with Gasteiger partial charge in [0.2, 0.25) is 0 Å². The molecule has 0 bridgehead atoms. The third kappa shape index (κ3) is 3.80. The fraction of sp³-hybridized carbons (Fsp3) is 0.333. The molecular formula is C15H17N3S. The first kappa shape index (κ1) is 13.6. The van der Waals surface area contributed by atoms with Crippen LogP contribution in [0.25, 0.3) is 0 Å². The van der Waals surface area contributed by atoms with Gasteiger partial charge in [-0.3, -0.25) is 0 Å². The summed E-state index contributed by atoms with van der Waals surface area (Å²) in [7, 11) is 0. The first-order valence-corrected chi connectivity index (χ1v) is 7.09. The first-order valence-electron chi connectivity index (χ1n) is 6.27. The van der Waals surface area contributed by atoms with Gasteiger partial charge in [-0.05, 0) is 45.0 Å². The molecule has 0 amide bonds. The third-order valence-electron chi connectivity index (χ3n) is 2.78. The number of pyridine rings is 1. The lowest BCUT2D eigenvalue weighted by molar-refractivity contribution is 0.793. The van der Waals surface area contributed by atoms with Crippen LogP contribution in [0.1, 0.15) is 27.9 Å². The van der Waals surface area contributed by atoms with Gasteiger partial charge in [-0.25, -0.2) is 4.98 Å². The molecule has 1 atom stereocenters. The van der Waals surface area contributed by atoms with Crippen LogP contribution in [0, 0.1) is 25.2 Å². The zero-order chi connectivity index (χ0) is 13.8. The summed E-state index contributed by atoms with van der Waals surface area (Å²) >= 11 is 1.82. The molecule has 0 aliphatic heterocycles. The number of hydrogen-bond donors (Lipinski definition) is 1. The molecule has 0 saturated carbocycles. The summed E-state index contributed by atoms with van der Waals surface area (Å²) in [4.78, 5) is 7.11. The predicted octanol–water partition coefficient (Wildman–Crippen LogP) is 3.67. The SMILES string of the molecule is Cc1cc(C#N)cc(NC(C)Cc2ccc(C)s2)n1. The molecule has 0 radical (unpaired) electrons. The minimum Gasteiger partial charge on any atom is -0.367 e. The molecule has 0 aliphatic carbocycles. The van der Waals surface area contributed by atoms with Crippen LogP contribution in [0.2, 0.25) is 0 Å². The van der Waals surface area contributed by atoms with Gasteiger partial charge < -0.3 is 5.32 Å². The number of aryl methyl sites for hydroxylation is 2. The maximum atomic E-state index is 8.95. The molecule has 2 rings (SSSR count). The fourth-order valence-electron chi connectivity index (χ4n) is 2.01. The largest absolute Gasteiger partial charge is 0.367 e. The van der Waals surface area contributed by atoms with Gasteiger partial charge >= 0.3 is 0 Å². The van der Waals surface area contributed by atoms with E-state index in [0.29, 0.717) is 11.6 Å². The minimum atomic E-state index is 0.291. The highest BCUT2D eigenvalue weighted by Crippen LogP contribution is 2.18. The second-order valence-electron chi connectivity index (χ2n) is 4.76. The van der Waals surface area contributed by atoms with Crippen LogP contribution in [0.5, 0.6) is 0 Å². The molecule has 2 aromatic rings. The number of nitrogens with one attached hydrogen (secondary N) is 1. The highest BCUT2D eigenvalue weighted by Gasteiger charge is 2.07. The quantitative estimate of drug-likeness (QED) is 0.923. The molecule has 0 spiro atoms. The van der Waals surface area contributed by atoms with E-state index in [-0.39, 0.29) is 0 Å². The maximum Gasteiger partial charge on any atom is 0.127 e. The van der Waals surface area contributed by atoms with Crippen molar-refractivity contribution in [1.29, 1.82) is 5.26 Å². The summed E-state index contributed by atoms with van der Waals surface area (Å²) in [5, 5.41) is 12.3. The number of hydrogen-bond acceptors (Lipinski definition) is 4. The molecule has 3 nitrogen and oxygen atoms in total. The van der Waals surface area contributed by atoms with Crippen LogP contribution >= 0.6 is 11.3 Å². The number of anilines is 1. The lowest BCUT2D eigenvalue weighted by Crippen LogP contribution is -2.18. The van der Waals surface area contributed by atoms with Crippen molar-refractivity contribution in [2.45, 2.75) is 33.2 Å². The first-order chi connectivity index (χ1) is 9.06. The van der Waals surface area contributed by atoms with Gasteiger partial charge in [-0.15, -0.1) is 11.3 Å². The summed E-state index contributed by atoms with van der Waals surface area (Å²) in [6, 6.07) is 10.3. The molecule has 1 N–H and O–H groups in total. The Balaban J connectivity index is 2.04. The zero-order valence-corrected chi connectivity index (χ0v) is 12.2. The normalized spacial score (nSPS) is 11.9. The fourth-order valence-corrected chi connectivity index (χ4v) is 3.03. The van der Waals surface area contributed by atoms with Crippen molar-refractivity contribution >= 4 is 17.2 Å². The second-order valence-corrected chi connectivity index (χ2v) is 6.13. The van der Waals surface area contributed by atoms with Crippen LogP contribution in [0.3, 0.4) is 0 Å². The van der Waals surface area contributed by atoms with E-state index in [2.05, 4.69) is 42.4 Å². The van der Waals surface area contributed by atoms with Crippen molar-refractivity contribution in [3.63, 3.8) is 0 Å². The van der Waals surface area contributed by atoms with E-state index in [1.54, 1.807) is 12.1 Å². The number of nitriles is 1. The van der Waals surface area contributed by atoms with Crippen molar-refractivity contribution < 1.29 is 0 Å². The van der Waals surface area contributed by atoms with Crippen molar-refractivity contribution in [1.82, 2.24) is 4.98 Å². The van der Waals surface area contributed by atoms with E-state index in [4.69, 9.17) is 5.26 Å². The summed E-state index contributed by atoms with van der Waals surface area (Å²) in [5.41, 5.74) is 1.51. The average Bonchev–Trinajstić information content (AvgIpc) is 2.73. The minimum absolute atomic E-state index is 0.291. The molecule has 2 heterocycles. The number of nitrogens with zero attached hydrogens (tertiary/aromatic N) is 2. The monoisotopic (exact) mass is 271 g/mol. The zero-order valence-electron chi connectivity index (χ0n) is 11.4. The maximum absolute atomic E-state index is 8.95. The molecule has 0 fully saturated rings. The van der Waals surface area contributed by atoms with Crippen LogP contribution in [0.15, 0.2) is 24.3 Å². The molecule has 0 aromatic carbocycles. The summed E-state index contributed by atoms with van der Waals surface area (Å²) < 4.78 is 0. The van der Waals surface area contributed by atoms with Gasteiger partial charge in [0.25, 0.3) is 0 Å². The van der Waals surface area contributed by atoms with Crippen molar-refractivity contribution in [3.8, 4) is 6.07 Å². The van der Waals surface area contributed by atoms with Gasteiger partial charge in [0.15, 0.2) is 0 Å². The molecule has 98 valence electrons. The van der Waals surface area contributed by atoms with Crippen molar-refractivity contribution in [2.75, 3.05) is 5.32 Å². The third-order valence-corrected chi connectivity index (χ3v) is 3.80. The van der Waals surface area contributed by atoms with Crippen molar-refractivity contribution in [3.05, 3.63) is 45.3 Å². The van der Waals surface area contributed by atoms with Gasteiger partial charge in [0, 0.05) is 27.9 Å². The topological polar surface area (TPSA) is 48.7 Å². The molecular weight excluding hydrogens is 254 g/mol. The van der Waals surface area contributed by atoms with Gasteiger partial charge in [-0.2, -0.15) is 5.26 Å². The molecule has 19 heavy (non-hydrogen) atoms. The van der Waals surface area contributed by atoms with Crippen molar-refractivity contribution in [2.24, 2.45) is 0 Å². The van der Waals surface area contributed by atoms with Gasteiger partial charge in [-0.1, -0.05) is 0 Å². The Morgan fingerprint density at radius 3 is 2.79 bits per heavy atom. The van der Waals surface area contributed by atoms with Crippen LogP contribution in [-0.2, 0) is 6.42 Å². The van der Waals surface area contributed by atoms with E-state index in [1.165, 1.54) is 9.75 Å². The van der Waals surface area contributed by atoms with Gasteiger partial charge in [0.05, 0.1) is 11.6 Å². The van der Waals surface area contributed by atoms with E-state index in [9.17, 15) is 0 Å². The average molecular weight is 271 g/mol. The second kappa shape index (κ2) is 5.85. The van der Waals surface area contributed by atoms with Crippen LogP contribution in [-0.4, -0.2) is 11.0 Å². The standard InChI is InChI=1S/C15H17N3S/c1-10-6-13(9-16)8-15(17-10)18-11(2)7-14-5-4-12(3)19-14/h4-6,8,11H,7H2,1-3H3,(H,17,18). The Bertz CT molecular complexity index is 610. The van der Waals surface area contributed by atoms with E-state index < -0.39 is 0 Å². The molecule has 2 aromatic heterocycles. The van der Waals surface area contributed by atoms with Crippen LogP contribution in [0.4, 0.5) is 5.82 Å². The van der Waals surface area contributed by atoms with E-state index in [0.717, 1.165) is 17.9 Å². The predicted molar refractivity (Wildman–Crippen MR) is 79.5 cm³/mol.